The van der Waals surface area contributed by atoms with E-state index in [9.17, 15) is 9.59 Å². The van der Waals surface area contributed by atoms with E-state index in [0.29, 0.717) is 4.91 Å². The third kappa shape index (κ3) is 2.61. The quantitative estimate of drug-likeness (QED) is 0.644. The molecule has 1 fully saturated rings. The Bertz CT molecular complexity index is 927. The van der Waals surface area contributed by atoms with E-state index in [1.54, 1.807) is 6.08 Å². The lowest BCUT2D eigenvalue weighted by atomic mass is 10.1. The van der Waals surface area contributed by atoms with Crippen molar-refractivity contribution >= 4 is 39.9 Å². The van der Waals surface area contributed by atoms with Crippen LogP contribution in [-0.2, 0) is 11.3 Å². The number of thioether (sulfide) groups is 1. The molecule has 2 heterocycles. The number of terminal acetylenes is 1. The monoisotopic (exact) mass is 321 g/mol. The standard InChI is InChI=1S/C17H11N3O2S/c1-2-8-20-16(21)15(23-17(20)22)10-12-11-19(9-7-18)14-6-4-3-5-13(12)14/h1,3-6,10-11H,8-9H2/b15-10+. The molecule has 0 bridgehead atoms. The van der Waals surface area contributed by atoms with Crippen LogP contribution in [0.1, 0.15) is 5.56 Å². The number of nitriles is 1. The minimum Gasteiger partial charge on any atom is -0.333 e. The molecule has 1 aromatic heterocycles. The van der Waals surface area contributed by atoms with Gasteiger partial charge in [0.25, 0.3) is 11.1 Å². The van der Waals surface area contributed by atoms with Crippen molar-refractivity contribution in [3.05, 3.63) is 40.9 Å². The fourth-order valence-corrected chi connectivity index (χ4v) is 3.30. The number of imide groups is 1. The molecule has 0 spiro atoms. The first-order chi connectivity index (χ1) is 11.2. The molecule has 1 aliphatic heterocycles. The van der Waals surface area contributed by atoms with Gasteiger partial charge < -0.3 is 4.57 Å². The third-order valence-corrected chi connectivity index (χ3v) is 4.38. The number of hydrogen-bond acceptors (Lipinski definition) is 4. The van der Waals surface area contributed by atoms with Crippen LogP contribution in [0.15, 0.2) is 35.4 Å². The average Bonchev–Trinajstić information content (AvgIpc) is 3.02. The van der Waals surface area contributed by atoms with Crippen molar-refractivity contribution in [2.45, 2.75) is 6.54 Å². The molecule has 1 aromatic carbocycles. The van der Waals surface area contributed by atoms with Crippen LogP contribution in [0.2, 0.25) is 0 Å². The average molecular weight is 321 g/mol. The first-order valence-corrected chi connectivity index (χ1v) is 7.61. The topological polar surface area (TPSA) is 66.1 Å². The Morgan fingerprint density at radius 3 is 2.78 bits per heavy atom. The molecule has 23 heavy (non-hydrogen) atoms. The van der Waals surface area contributed by atoms with Gasteiger partial charge in [0, 0.05) is 22.7 Å². The van der Waals surface area contributed by atoms with Crippen LogP contribution in [0.3, 0.4) is 0 Å². The maximum atomic E-state index is 12.2. The van der Waals surface area contributed by atoms with E-state index in [2.05, 4.69) is 12.0 Å². The molecule has 6 heteroatoms. The zero-order chi connectivity index (χ0) is 16.4. The van der Waals surface area contributed by atoms with Gasteiger partial charge in [0.2, 0.25) is 0 Å². The summed E-state index contributed by atoms with van der Waals surface area (Å²) in [5.74, 6) is 1.93. The summed E-state index contributed by atoms with van der Waals surface area (Å²) >= 11 is 0.876. The van der Waals surface area contributed by atoms with Gasteiger partial charge in [0.05, 0.1) is 17.5 Å². The second-order valence-electron chi connectivity index (χ2n) is 4.86. The van der Waals surface area contributed by atoms with E-state index >= 15 is 0 Å². The van der Waals surface area contributed by atoms with Gasteiger partial charge in [-0.2, -0.15) is 5.26 Å². The Morgan fingerprint density at radius 2 is 2.04 bits per heavy atom. The largest absolute Gasteiger partial charge is 0.333 e. The summed E-state index contributed by atoms with van der Waals surface area (Å²) < 4.78 is 1.81. The highest BCUT2D eigenvalue weighted by Crippen LogP contribution is 2.33. The summed E-state index contributed by atoms with van der Waals surface area (Å²) in [6.07, 6.45) is 8.67. The zero-order valence-electron chi connectivity index (χ0n) is 12.0. The number of carbonyl (C=O) groups excluding carboxylic acids is 2. The smallest absolute Gasteiger partial charge is 0.294 e. The van der Waals surface area contributed by atoms with E-state index in [4.69, 9.17) is 11.7 Å². The van der Waals surface area contributed by atoms with Gasteiger partial charge in [0.1, 0.15) is 6.54 Å². The second-order valence-corrected chi connectivity index (χ2v) is 5.85. The Morgan fingerprint density at radius 1 is 1.26 bits per heavy atom. The molecule has 1 saturated heterocycles. The molecule has 3 rings (SSSR count). The number of aromatic nitrogens is 1. The maximum Gasteiger partial charge on any atom is 0.294 e. The molecule has 112 valence electrons. The highest BCUT2D eigenvalue weighted by atomic mass is 32.2. The maximum absolute atomic E-state index is 12.2. The van der Waals surface area contributed by atoms with Crippen molar-refractivity contribution in [1.29, 1.82) is 5.26 Å². The zero-order valence-corrected chi connectivity index (χ0v) is 12.8. The number of para-hydroxylation sites is 1. The highest BCUT2D eigenvalue weighted by Gasteiger charge is 2.34. The van der Waals surface area contributed by atoms with E-state index in [0.717, 1.165) is 33.1 Å². The number of fused-ring (bicyclic) bond motifs is 1. The molecule has 0 unspecified atom stereocenters. The number of benzene rings is 1. The summed E-state index contributed by atoms with van der Waals surface area (Å²) in [6.45, 7) is 0.186. The predicted octanol–water partition coefficient (Wildman–Crippen LogP) is 2.83. The van der Waals surface area contributed by atoms with Crippen LogP contribution >= 0.6 is 11.8 Å². The summed E-state index contributed by atoms with van der Waals surface area (Å²) in [5.41, 5.74) is 1.70. The van der Waals surface area contributed by atoms with E-state index in [1.807, 2.05) is 35.0 Å². The van der Waals surface area contributed by atoms with Crippen LogP contribution < -0.4 is 0 Å². The molecule has 0 N–H and O–H groups in total. The van der Waals surface area contributed by atoms with Crippen LogP contribution in [0, 0.1) is 23.7 Å². The Kier molecular flexibility index (Phi) is 3.92. The van der Waals surface area contributed by atoms with Crippen LogP contribution in [-0.4, -0.2) is 27.2 Å². The molecule has 0 atom stereocenters. The molecule has 0 saturated carbocycles. The first kappa shape index (κ1) is 15.0. The van der Waals surface area contributed by atoms with Gasteiger partial charge in [-0.15, -0.1) is 6.42 Å². The third-order valence-electron chi connectivity index (χ3n) is 3.47. The van der Waals surface area contributed by atoms with Crippen LogP contribution in [0.25, 0.3) is 17.0 Å². The number of rotatable bonds is 3. The lowest BCUT2D eigenvalue weighted by Gasteiger charge is -2.06. The molecule has 2 amide bonds. The molecule has 1 aliphatic rings. The molecule has 2 aromatic rings. The molecular formula is C17H11N3O2S. The van der Waals surface area contributed by atoms with E-state index in [-0.39, 0.29) is 24.2 Å². The minimum atomic E-state index is -0.380. The van der Waals surface area contributed by atoms with Gasteiger partial charge in [-0.05, 0) is 23.9 Å². The van der Waals surface area contributed by atoms with Gasteiger partial charge in [-0.3, -0.25) is 14.5 Å². The van der Waals surface area contributed by atoms with Gasteiger partial charge in [0.15, 0.2) is 0 Å². The lowest BCUT2D eigenvalue weighted by Crippen LogP contribution is -2.28. The normalized spacial score (nSPS) is 16.1. The second kappa shape index (κ2) is 6.04. The highest BCUT2D eigenvalue weighted by molar-refractivity contribution is 8.18. The lowest BCUT2D eigenvalue weighted by molar-refractivity contribution is -0.122. The Labute approximate surface area is 137 Å². The van der Waals surface area contributed by atoms with Crippen molar-refractivity contribution < 1.29 is 9.59 Å². The SMILES string of the molecule is C#CCN1C(=O)S/C(=C/c2cn(CC#N)c3ccccc23)C1=O. The molecule has 0 radical (unpaired) electrons. The van der Waals surface area contributed by atoms with E-state index in [1.165, 1.54) is 0 Å². The number of amides is 2. The minimum absolute atomic E-state index is 0.0296. The number of hydrogen-bond donors (Lipinski definition) is 0. The van der Waals surface area contributed by atoms with Crippen LogP contribution in [0.4, 0.5) is 4.79 Å². The van der Waals surface area contributed by atoms with Gasteiger partial charge in [-0.1, -0.05) is 24.1 Å². The summed E-state index contributed by atoms with van der Waals surface area (Å²) in [5, 5.41) is 9.49. The number of carbonyl (C=O) groups is 2. The number of nitrogens with zero attached hydrogens (tertiary/aromatic N) is 3. The van der Waals surface area contributed by atoms with E-state index < -0.39 is 0 Å². The van der Waals surface area contributed by atoms with Crippen molar-refractivity contribution in [2.24, 2.45) is 0 Å². The Hall–Kier alpha value is -2.96. The van der Waals surface area contributed by atoms with Crippen molar-refractivity contribution in [1.82, 2.24) is 9.47 Å². The molecular weight excluding hydrogens is 310 g/mol. The van der Waals surface area contributed by atoms with Crippen LogP contribution in [0.5, 0.6) is 0 Å². The predicted molar refractivity (Wildman–Crippen MR) is 89.1 cm³/mol. The fourth-order valence-electron chi connectivity index (χ4n) is 2.47. The fraction of sp³-hybridized carbons (Fsp3) is 0.118. The summed E-state index contributed by atoms with van der Waals surface area (Å²) in [7, 11) is 0. The van der Waals surface area contributed by atoms with Crippen molar-refractivity contribution in [3.8, 4) is 18.4 Å². The summed E-state index contributed by atoms with van der Waals surface area (Å²) in [6, 6.07) is 9.72. The molecule has 0 aliphatic carbocycles. The Balaban J connectivity index is 2.05. The van der Waals surface area contributed by atoms with Gasteiger partial charge in [-0.25, -0.2) is 0 Å². The van der Waals surface area contributed by atoms with Crippen molar-refractivity contribution in [3.63, 3.8) is 0 Å². The van der Waals surface area contributed by atoms with Gasteiger partial charge >= 0.3 is 0 Å². The summed E-state index contributed by atoms with van der Waals surface area (Å²) in [4.78, 5) is 25.5. The molecule has 5 nitrogen and oxygen atoms in total. The van der Waals surface area contributed by atoms with Crippen molar-refractivity contribution in [2.75, 3.05) is 6.54 Å². The first-order valence-electron chi connectivity index (χ1n) is 6.79.